The van der Waals surface area contributed by atoms with Crippen LogP contribution in [0.4, 0.5) is 4.79 Å². The van der Waals surface area contributed by atoms with E-state index >= 15 is 0 Å². The average molecular weight is 369 g/mol. The van der Waals surface area contributed by atoms with Crippen LogP contribution in [-0.4, -0.2) is 34.5 Å². The summed E-state index contributed by atoms with van der Waals surface area (Å²) in [6.45, 7) is 0.718. The van der Waals surface area contributed by atoms with E-state index in [0.717, 1.165) is 57.2 Å². The van der Waals surface area contributed by atoms with Crippen molar-refractivity contribution in [2.24, 2.45) is 28.9 Å². The normalized spacial score (nSPS) is 39.6. The number of amides is 2. The molecule has 2 N–H and O–H groups in total. The van der Waals surface area contributed by atoms with Crippen molar-refractivity contribution in [1.29, 1.82) is 0 Å². The molecule has 6 atom stereocenters. The third-order valence-corrected chi connectivity index (χ3v) is 7.46. The zero-order valence-electron chi connectivity index (χ0n) is 15.5. The van der Waals surface area contributed by atoms with E-state index in [9.17, 15) is 9.59 Å². The van der Waals surface area contributed by atoms with Crippen molar-refractivity contribution in [3.05, 3.63) is 30.1 Å². The molecule has 1 saturated heterocycles. The summed E-state index contributed by atoms with van der Waals surface area (Å²) in [6, 6.07) is 5.85. The summed E-state index contributed by atoms with van der Waals surface area (Å²) in [7, 11) is 0. The molecule has 0 spiro atoms. The lowest BCUT2D eigenvalue weighted by Gasteiger charge is -2.58. The first-order valence-corrected chi connectivity index (χ1v) is 10.2. The zero-order chi connectivity index (χ0) is 18.6. The molecule has 144 valence electrons. The van der Waals surface area contributed by atoms with Gasteiger partial charge >= 0.3 is 6.09 Å². The second kappa shape index (κ2) is 6.21. The Bertz CT molecular complexity index is 736. The minimum atomic E-state index is -0.344. The van der Waals surface area contributed by atoms with Crippen molar-refractivity contribution in [3.8, 4) is 0 Å². The molecule has 27 heavy (non-hydrogen) atoms. The topological polar surface area (TPSA) is 85.5 Å². The fourth-order valence-corrected chi connectivity index (χ4v) is 6.52. The fourth-order valence-electron chi connectivity index (χ4n) is 6.52. The molecule has 6 rings (SSSR count). The van der Waals surface area contributed by atoms with E-state index in [1.165, 1.54) is 0 Å². The molecule has 2 amide bonds. The second-order valence-electron chi connectivity index (χ2n) is 9.07. The van der Waals surface area contributed by atoms with E-state index in [2.05, 4.69) is 4.98 Å². The van der Waals surface area contributed by atoms with Crippen LogP contribution in [-0.2, 0) is 9.53 Å². The number of pyridine rings is 1. The lowest BCUT2D eigenvalue weighted by molar-refractivity contribution is -0.161. The van der Waals surface area contributed by atoms with E-state index in [0.29, 0.717) is 5.92 Å². The Morgan fingerprint density at radius 2 is 1.96 bits per heavy atom. The molecular formula is C21H27N3O3. The minimum absolute atomic E-state index is 0.00694. The average Bonchev–Trinajstić information content (AvgIpc) is 3.14. The van der Waals surface area contributed by atoms with E-state index in [-0.39, 0.29) is 41.4 Å². The van der Waals surface area contributed by atoms with Crippen molar-refractivity contribution in [1.82, 2.24) is 9.88 Å². The molecule has 0 radical (unpaired) electrons. The van der Waals surface area contributed by atoms with Crippen LogP contribution in [0.25, 0.3) is 0 Å². The summed E-state index contributed by atoms with van der Waals surface area (Å²) in [5.41, 5.74) is 6.35. The summed E-state index contributed by atoms with van der Waals surface area (Å²) >= 11 is 0. The van der Waals surface area contributed by atoms with Crippen LogP contribution < -0.4 is 5.73 Å². The highest BCUT2D eigenvalue weighted by Gasteiger charge is 2.59. The number of carbonyl (C=O) groups excluding carboxylic acids is 2. The van der Waals surface area contributed by atoms with Gasteiger partial charge < -0.3 is 10.5 Å². The van der Waals surface area contributed by atoms with Gasteiger partial charge in [-0.15, -0.1) is 0 Å². The standard InChI is InChI=1S/C21H27N3O3/c22-19(25)21-10-13-8-14(11-21)18(15(9-13)12-21)27-20(26)24-7-3-5-17(24)16-4-1-2-6-23-16/h1-2,4,6,13-15,17-18H,3,5,7-12H2,(H2,22,25)/t13?,14-,15?,17?,18?,21?/m0/s1. The van der Waals surface area contributed by atoms with Gasteiger partial charge in [0.2, 0.25) is 5.91 Å². The van der Waals surface area contributed by atoms with Crippen LogP contribution in [0, 0.1) is 23.2 Å². The third-order valence-electron chi connectivity index (χ3n) is 7.46. The van der Waals surface area contributed by atoms with E-state index in [1.807, 2.05) is 23.1 Å². The van der Waals surface area contributed by atoms with Crippen molar-refractivity contribution < 1.29 is 14.3 Å². The van der Waals surface area contributed by atoms with Gasteiger partial charge in [-0.1, -0.05) is 6.07 Å². The highest BCUT2D eigenvalue weighted by Crippen LogP contribution is 2.60. The molecule has 2 heterocycles. The Hall–Kier alpha value is -2.11. The number of likely N-dealkylation sites (tertiary alicyclic amines) is 1. The quantitative estimate of drug-likeness (QED) is 0.887. The molecule has 6 nitrogen and oxygen atoms in total. The molecule has 0 aromatic carbocycles. The van der Waals surface area contributed by atoms with Gasteiger partial charge in [-0.25, -0.2) is 4.79 Å². The second-order valence-corrected chi connectivity index (χ2v) is 9.07. The first-order valence-electron chi connectivity index (χ1n) is 10.2. The van der Waals surface area contributed by atoms with E-state index < -0.39 is 0 Å². The first kappa shape index (κ1) is 17.0. The third kappa shape index (κ3) is 2.72. The van der Waals surface area contributed by atoms with Gasteiger partial charge in [-0.05, 0) is 74.8 Å². The van der Waals surface area contributed by atoms with Crippen molar-refractivity contribution >= 4 is 12.0 Å². The number of aromatic nitrogens is 1. The van der Waals surface area contributed by atoms with Crippen LogP contribution in [0.5, 0.6) is 0 Å². The van der Waals surface area contributed by atoms with Gasteiger partial charge in [0.1, 0.15) is 6.10 Å². The summed E-state index contributed by atoms with van der Waals surface area (Å²) in [6.07, 6.45) is 8.04. The molecule has 4 bridgehead atoms. The Morgan fingerprint density at radius 3 is 2.63 bits per heavy atom. The predicted octanol–water partition coefficient (Wildman–Crippen LogP) is 3.04. The molecule has 5 aliphatic rings. The number of nitrogens with zero attached hydrogens (tertiary/aromatic N) is 2. The Morgan fingerprint density at radius 1 is 1.19 bits per heavy atom. The molecule has 4 aliphatic carbocycles. The van der Waals surface area contributed by atoms with Crippen molar-refractivity contribution in [2.75, 3.05) is 6.54 Å². The Labute approximate surface area is 159 Å². The lowest BCUT2D eigenvalue weighted by atomic mass is 9.48. The number of rotatable bonds is 3. The predicted molar refractivity (Wildman–Crippen MR) is 98.4 cm³/mol. The minimum Gasteiger partial charge on any atom is -0.445 e. The Kier molecular flexibility index (Phi) is 3.92. The lowest BCUT2D eigenvalue weighted by Crippen LogP contribution is -2.59. The number of hydrogen-bond acceptors (Lipinski definition) is 4. The van der Waals surface area contributed by atoms with Gasteiger partial charge in [0.15, 0.2) is 0 Å². The highest BCUT2D eigenvalue weighted by molar-refractivity contribution is 5.81. The summed E-state index contributed by atoms with van der Waals surface area (Å²) in [5.74, 6) is 0.978. The molecule has 1 aromatic rings. The maximum atomic E-state index is 13.0. The summed E-state index contributed by atoms with van der Waals surface area (Å²) in [4.78, 5) is 31.4. The van der Waals surface area contributed by atoms with Gasteiger partial charge in [-0.2, -0.15) is 0 Å². The monoisotopic (exact) mass is 369 g/mol. The van der Waals surface area contributed by atoms with Crippen LogP contribution in [0.3, 0.4) is 0 Å². The van der Waals surface area contributed by atoms with Gasteiger partial charge in [0, 0.05) is 12.7 Å². The van der Waals surface area contributed by atoms with Crippen LogP contribution in [0.2, 0.25) is 0 Å². The highest BCUT2D eigenvalue weighted by atomic mass is 16.6. The van der Waals surface area contributed by atoms with Gasteiger partial charge in [0.25, 0.3) is 0 Å². The van der Waals surface area contributed by atoms with Crippen molar-refractivity contribution in [2.45, 2.75) is 57.1 Å². The van der Waals surface area contributed by atoms with Gasteiger partial charge in [-0.3, -0.25) is 14.7 Å². The fraction of sp³-hybridized carbons (Fsp3) is 0.667. The summed E-state index contributed by atoms with van der Waals surface area (Å²) < 4.78 is 6.09. The molecule has 5 unspecified atom stereocenters. The molecule has 4 saturated carbocycles. The van der Waals surface area contributed by atoms with Crippen LogP contribution >= 0.6 is 0 Å². The van der Waals surface area contributed by atoms with Gasteiger partial charge in [0.05, 0.1) is 17.2 Å². The number of primary amides is 1. The molecule has 1 aromatic heterocycles. The van der Waals surface area contributed by atoms with E-state index in [1.54, 1.807) is 6.20 Å². The molecule has 1 aliphatic heterocycles. The maximum Gasteiger partial charge on any atom is 0.410 e. The van der Waals surface area contributed by atoms with Crippen molar-refractivity contribution in [3.63, 3.8) is 0 Å². The molecule has 6 heteroatoms. The Balaban J connectivity index is 1.31. The zero-order valence-corrected chi connectivity index (χ0v) is 15.5. The van der Waals surface area contributed by atoms with E-state index in [4.69, 9.17) is 10.5 Å². The number of nitrogens with two attached hydrogens (primary N) is 1. The van der Waals surface area contributed by atoms with Crippen LogP contribution in [0.1, 0.15) is 56.7 Å². The summed E-state index contributed by atoms with van der Waals surface area (Å²) in [5, 5.41) is 0. The molecular weight excluding hydrogens is 342 g/mol. The maximum absolute atomic E-state index is 13.0. The van der Waals surface area contributed by atoms with Crippen LogP contribution in [0.15, 0.2) is 24.4 Å². The smallest absolute Gasteiger partial charge is 0.410 e. The number of carbonyl (C=O) groups is 2. The number of hydrogen-bond donors (Lipinski definition) is 1. The largest absolute Gasteiger partial charge is 0.445 e. The SMILES string of the molecule is NC(=O)C12CC3CC(C1)C(OC(=O)N1CCCC1c1ccccn1)[C@@H](C3)C2. The molecule has 5 fully saturated rings. The number of ether oxygens (including phenoxy) is 1. The first-order chi connectivity index (χ1) is 13.1.